The van der Waals surface area contributed by atoms with Gasteiger partial charge >= 0.3 is 7.12 Å². The summed E-state index contributed by atoms with van der Waals surface area (Å²) < 4.78 is 18.3. The van der Waals surface area contributed by atoms with Crippen molar-refractivity contribution in [3.63, 3.8) is 0 Å². The molecule has 7 nitrogen and oxygen atoms in total. The molecule has 1 aromatic carbocycles. The topological polar surface area (TPSA) is 54.5 Å². The Bertz CT molecular complexity index is 1130. The lowest BCUT2D eigenvalue weighted by Crippen LogP contribution is -2.59. The predicted octanol–water partition coefficient (Wildman–Crippen LogP) is 3.33. The molecular formula is C31H46BN3O4. The van der Waals surface area contributed by atoms with E-state index in [0.29, 0.717) is 23.4 Å². The van der Waals surface area contributed by atoms with Crippen molar-refractivity contribution in [1.29, 1.82) is 0 Å². The van der Waals surface area contributed by atoms with Crippen LogP contribution in [0.1, 0.15) is 79.2 Å². The Morgan fingerprint density at radius 2 is 1.46 bits per heavy atom. The van der Waals surface area contributed by atoms with Crippen LogP contribution in [-0.4, -0.2) is 91.5 Å². The van der Waals surface area contributed by atoms with Crippen LogP contribution in [0.4, 0.5) is 5.69 Å². The van der Waals surface area contributed by atoms with Crippen LogP contribution in [-0.2, 0) is 24.3 Å². The number of rotatable bonds is 4. The Kier molecular flexibility index (Phi) is 5.95. The molecule has 0 aromatic heterocycles. The molecule has 1 spiro atoms. The van der Waals surface area contributed by atoms with E-state index < -0.39 is 23.7 Å². The number of anilines is 1. The second kappa shape index (κ2) is 8.78. The summed E-state index contributed by atoms with van der Waals surface area (Å²) >= 11 is 0. The lowest BCUT2D eigenvalue weighted by molar-refractivity contribution is -0.128. The van der Waals surface area contributed by atoms with Crippen molar-refractivity contribution in [2.75, 3.05) is 44.3 Å². The monoisotopic (exact) mass is 535 g/mol. The highest BCUT2D eigenvalue weighted by Gasteiger charge is 2.57. The van der Waals surface area contributed by atoms with Crippen LogP contribution < -0.4 is 10.4 Å². The molecule has 0 radical (unpaired) electrons. The van der Waals surface area contributed by atoms with E-state index in [2.05, 4.69) is 74.4 Å². The van der Waals surface area contributed by atoms with Crippen molar-refractivity contribution in [2.24, 2.45) is 5.41 Å². The Labute approximate surface area is 234 Å². The van der Waals surface area contributed by atoms with E-state index in [1.807, 2.05) is 0 Å². The first-order valence-corrected chi connectivity index (χ1v) is 15.3. The fourth-order valence-electron chi connectivity index (χ4n) is 7.82. The fraction of sp³-hybridized carbons (Fsp3) is 0.774. The number of nitrogens with zero attached hydrogens (tertiary/aromatic N) is 3. The molecular weight excluding hydrogens is 489 g/mol. The summed E-state index contributed by atoms with van der Waals surface area (Å²) in [5.41, 5.74) is 2.56. The van der Waals surface area contributed by atoms with Crippen LogP contribution in [0.15, 0.2) is 18.2 Å². The molecule has 0 unspecified atom stereocenters. The van der Waals surface area contributed by atoms with Crippen LogP contribution >= 0.6 is 0 Å². The minimum Gasteiger partial charge on any atom is -0.399 e. The van der Waals surface area contributed by atoms with Crippen LogP contribution in [0.5, 0.6) is 0 Å². The van der Waals surface area contributed by atoms with Crippen LogP contribution in [0.25, 0.3) is 0 Å². The van der Waals surface area contributed by atoms with Gasteiger partial charge in [-0.3, -0.25) is 14.6 Å². The van der Waals surface area contributed by atoms with Crippen LogP contribution in [0.3, 0.4) is 0 Å². The van der Waals surface area contributed by atoms with Crippen LogP contribution in [0.2, 0.25) is 0 Å². The Hall–Kier alpha value is -1.45. The Morgan fingerprint density at radius 3 is 2.03 bits per heavy atom. The predicted molar refractivity (Wildman–Crippen MR) is 154 cm³/mol. The number of benzene rings is 1. The summed E-state index contributed by atoms with van der Waals surface area (Å²) in [6.45, 7) is 19.1. The van der Waals surface area contributed by atoms with Crippen molar-refractivity contribution in [1.82, 2.24) is 9.80 Å². The van der Waals surface area contributed by atoms with Gasteiger partial charge in [0.1, 0.15) is 0 Å². The van der Waals surface area contributed by atoms with Crippen molar-refractivity contribution in [3.05, 3.63) is 23.8 Å². The first kappa shape index (κ1) is 26.5. The van der Waals surface area contributed by atoms with Gasteiger partial charge in [0.25, 0.3) is 0 Å². The lowest BCUT2D eigenvalue weighted by atomic mass is 9.71. The van der Waals surface area contributed by atoms with Gasteiger partial charge in [0.05, 0.1) is 35.9 Å². The number of piperidine rings is 1. The number of carbonyl (C=O) groups excluding carboxylic acids is 1. The molecule has 1 amide bonds. The summed E-state index contributed by atoms with van der Waals surface area (Å²) in [5, 5.41) is 0. The van der Waals surface area contributed by atoms with Gasteiger partial charge in [-0.25, -0.2) is 0 Å². The normalized spacial score (nSPS) is 33.4. The summed E-state index contributed by atoms with van der Waals surface area (Å²) in [6, 6.07) is 8.00. The van der Waals surface area contributed by atoms with E-state index in [1.165, 1.54) is 25.1 Å². The molecule has 5 heterocycles. The molecule has 5 fully saturated rings. The SMILES string of the molecule is CC1(C)CCN([C@H]2C[C@@H](N3C(=O)C4(CCN(C5COC5)CC4)c4ccc(B5OC(C)(C)C(C)(C)O5)cc43)C2)C1. The maximum atomic E-state index is 14.5. The van der Waals surface area contributed by atoms with Gasteiger partial charge < -0.3 is 18.9 Å². The van der Waals surface area contributed by atoms with Crippen molar-refractivity contribution < 1.29 is 18.8 Å². The van der Waals surface area contributed by atoms with Crippen molar-refractivity contribution >= 4 is 24.2 Å². The van der Waals surface area contributed by atoms with E-state index >= 15 is 0 Å². The molecule has 6 aliphatic rings. The molecule has 1 aromatic rings. The number of hydrogen-bond acceptors (Lipinski definition) is 6. The molecule has 7 rings (SSSR count). The highest BCUT2D eigenvalue weighted by molar-refractivity contribution is 6.62. The highest BCUT2D eigenvalue weighted by Crippen LogP contribution is 2.51. The number of fused-ring (bicyclic) bond motifs is 2. The second-order valence-electron chi connectivity index (χ2n) is 15.0. The minimum atomic E-state index is -0.421. The van der Waals surface area contributed by atoms with E-state index in [4.69, 9.17) is 14.0 Å². The van der Waals surface area contributed by atoms with Gasteiger partial charge in [0.15, 0.2) is 0 Å². The molecule has 39 heavy (non-hydrogen) atoms. The van der Waals surface area contributed by atoms with Gasteiger partial charge in [-0.15, -0.1) is 0 Å². The fourth-order valence-corrected chi connectivity index (χ4v) is 7.82. The Balaban J connectivity index is 1.17. The average Bonchev–Trinajstić information content (AvgIpc) is 3.36. The van der Waals surface area contributed by atoms with Gasteiger partial charge in [-0.05, 0) is 102 Å². The third-order valence-corrected chi connectivity index (χ3v) is 11.4. The molecule has 5 aliphatic heterocycles. The third-order valence-electron chi connectivity index (χ3n) is 11.4. The number of carbonyl (C=O) groups is 1. The molecule has 212 valence electrons. The third kappa shape index (κ3) is 4.07. The van der Waals surface area contributed by atoms with Gasteiger partial charge in [0, 0.05) is 24.3 Å². The van der Waals surface area contributed by atoms with E-state index in [1.54, 1.807) is 0 Å². The van der Waals surface area contributed by atoms with Gasteiger partial charge in [-0.2, -0.15) is 0 Å². The van der Waals surface area contributed by atoms with Gasteiger partial charge in [-0.1, -0.05) is 26.0 Å². The largest absolute Gasteiger partial charge is 0.494 e. The van der Waals surface area contributed by atoms with Crippen molar-refractivity contribution in [2.45, 2.75) is 108 Å². The average molecular weight is 536 g/mol. The van der Waals surface area contributed by atoms with E-state index in [-0.39, 0.29) is 6.04 Å². The zero-order valence-electron chi connectivity index (χ0n) is 24.8. The molecule has 0 atom stereocenters. The summed E-state index contributed by atoms with van der Waals surface area (Å²) in [5.74, 6) is 0.332. The molecule has 0 N–H and O–H groups in total. The van der Waals surface area contributed by atoms with Crippen molar-refractivity contribution in [3.8, 4) is 0 Å². The number of hydrogen-bond donors (Lipinski definition) is 0. The Morgan fingerprint density at radius 1 is 0.821 bits per heavy atom. The zero-order chi connectivity index (χ0) is 27.4. The maximum Gasteiger partial charge on any atom is 0.494 e. The standard InChI is InChI=1S/C31H46BN3O4/c1-28(2)9-12-34(20-28)22-16-23(17-22)35-26-15-21(32-38-29(3,4)30(5,6)39-32)7-8-25(26)31(27(35)36)10-13-33(14-11-31)24-18-37-19-24/h7-8,15,22-24H,9-14,16-20H2,1-6H3/t22-,23+. The lowest BCUT2D eigenvalue weighted by Gasteiger charge is -2.47. The molecule has 8 heteroatoms. The van der Waals surface area contributed by atoms with E-state index in [0.717, 1.165) is 63.1 Å². The number of likely N-dealkylation sites (tertiary alicyclic amines) is 2. The number of ether oxygens (including phenoxy) is 1. The first-order chi connectivity index (χ1) is 18.4. The summed E-state index contributed by atoms with van der Waals surface area (Å²) in [4.78, 5) is 21.9. The molecule has 1 saturated carbocycles. The van der Waals surface area contributed by atoms with Gasteiger partial charge in [0.2, 0.25) is 5.91 Å². The maximum absolute atomic E-state index is 14.5. The quantitative estimate of drug-likeness (QED) is 0.552. The first-order valence-electron chi connectivity index (χ1n) is 15.3. The molecule has 4 saturated heterocycles. The van der Waals surface area contributed by atoms with E-state index in [9.17, 15) is 4.79 Å². The second-order valence-corrected chi connectivity index (χ2v) is 15.0. The number of amides is 1. The summed E-state index contributed by atoms with van der Waals surface area (Å²) in [7, 11) is -0.421. The highest BCUT2D eigenvalue weighted by atomic mass is 16.7. The zero-order valence-corrected chi connectivity index (χ0v) is 24.8. The summed E-state index contributed by atoms with van der Waals surface area (Å²) in [6.07, 6.45) is 5.19. The smallest absolute Gasteiger partial charge is 0.399 e. The molecule has 0 bridgehead atoms. The van der Waals surface area contributed by atoms with Crippen LogP contribution in [0, 0.1) is 5.41 Å². The minimum absolute atomic E-state index is 0.274. The molecule has 1 aliphatic carbocycles.